The van der Waals surface area contributed by atoms with E-state index < -0.39 is 0 Å². The molecule has 0 atom stereocenters. The molecule has 0 aliphatic carbocycles. The number of para-hydroxylation sites is 3. The number of hydrogen-bond donors (Lipinski definition) is 0. The minimum absolute atomic E-state index is 0.638. The van der Waals surface area contributed by atoms with E-state index in [1.165, 1.54) is 16.2 Å². The molecule has 0 bridgehead atoms. The number of rotatable bonds is 3. The van der Waals surface area contributed by atoms with Crippen molar-refractivity contribution in [2.75, 3.05) is 0 Å². The van der Waals surface area contributed by atoms with Crippen LogP contribution in [-0.2, 0) is 0 Å². The zero-order valence-electron chi connectivity index (χ0n) is 28.4. The summed E-state index contributed by atoms with van der Waals surface area (Å²) in [5.41, 5.74) is 10.0. The lowest BCUT2D eigenvalue weighted by molar-refractivity contribution is 0.673. The van der Waals surface area contributed by atoms with Crippen LogP contribution < -0.4 is 0 Å². The molecule has 246 valence electrons. The van der Waals surface area contributed by atoms with E-state index in [9.17, 15) is 0 Å². The summed E-state index contributed by atoms with van der Waals surface area (Å²) >= 11 is 0. The first kappa shape index (κ1) is 28.5. The molecule has 0 saturated carbocycles. The number of fused-ring (bicyclic) bond motifs is 13. The summed E-state index contributed by atoms with van der Waals surface area (Å²) in [6.07, 6.45) is 0. The smallest absolute Gasteiger partial charge is 0.235 e. The van der Waals surface area contributed by atoms with Gasteiger partial charge in [-0.3, -0.25) is 4.57 Å². The highest BCUT2D eigenvalue weighted by Crippen LogP contribution is 2.45. The summed E-state index contributed by atoms with van der Waals surface area (Å²) < 4.78 is 11.4. The third-order valence-corrected chi connectivity index (χ3v) is 10.9. The van der Waals surface area contributed by atoms with Crippen molar-refractivity contribution < 1.29 is 4.42 Å². The van der Waals surface area contributed by atoms with E-state index >= 15 is 0 Å². The van der Waals surface area contributed by atoms with E-state index in [1.807, 2.05) is 18.2 Å². The molecule has 53 heavy (non-hydrogen) atoms. The van der Waals surface area contributed by atoms with Crippen LogP contribution in [0.5, 0.6) is 0 Å². The second-order valence-electron chi connectivity index (χ2n) is 13.8. The molecule has 0 saturated heterocycles. The molecule has 0 N–H and O–H groups in total. The van der Waals surface area contributed by atoms with Gasteiger partial charge in [-0.15, -0.1) is 0 Å². The molecule has 0 unspecified atom stereocenters. The molecule has 0 aliphatic rings. The van der Waals surface area contributed by atoms with Crippen molar-refractivity contribution in [3.63, 3.8) is 0 Å². The van der Waals surface area contributed by atoms with Gasteiger partial charge in [0, 0.05) is 43.6 Å². The minimum Gasteiger partial charge on any atom is -0.455 e. The monoisotopic (exact) mass is 676 g/mol. The van der Waals surface area contributed by atoms with Crippen LogP contribution in [0.25, 0.3) is 110 Å². The van der Waals surface area contributed by atoms with Crippen LogP contribution in [0, 0.1) is 0 Å². The molecule has 12 aromatic rings. The maximum atomic E-state index is 6.72. The van der Waals surface area contributed by atoms with Gasteiger partial charge >= 0.3 is 0 Å². The average Bonchev–Trinajstić information content (AvgIpc) is 3.87. The molecule has 0 radical (unpaired) electrons. The molecule has 0 amide bonds. The molecule has 0 aliphatic heterocycles. The summed E-state index contributed by atoms with van der Waals surface area (Å²) in [4.78, 5) is 10.7. The van der Waals surface area contributed by atoms with Crippen LogP contribution in [0.2, 0.25) is 0 Å². The largest absolute Gasteiger partial charge is 0.455 e. The highest BCUT2D eigenvalue weighted by molar-refractivity contribution is 6.29. The maximum Gasteiger partial charge on any atom is 0.235 e. The van der Waals surface area contributed by atoms with Crippen molar-refractivity contribution in [1.29, 1.82) is 0 Å². The van der Waals surface area contributed by atoms with Gasteiger partial charge in [0.2, 0.25) is 5.95 Å². The van der Waals surface area contributed by atoms with Crippen LogP contribution in [0.4, 0.5) is 0 Å². The minimum atomic E-state index is 0.638. The molecular formula is C48H28N4O. The first-order chi connectivity index (χ1) is 26.3. The number of benzene rings is 8. The van der Waals surface area contributed by atoms with E-state index in [4.69, 9.17) is 14.4 Å². The normalized spacial score (nSPS) is 12.2. The fraction of sp³-hybridized carbons (Fsp3) is 0. The van der Waals surface area contributed by atoms with Gasteiger partial charge in [-0.2, -0.15) is 0 Å². The SMILES string of the molecule is c1ccc(-c2nc(-n3c4cc5c(cc4c4c6ccccc6ccc43)c3c4oc6ccccc6c4ccc3n5-c3ccccc3)nc3ccccc23)cc1. The molecule has 5 heteroatoms. The lowest BCUT2D eigenvalue weighted by Gasteiger charge is -2.12. The number of furan rings is 1. The van der Waals surface area contributed by atoms with Crippen LogP contribution in [0.1, 0.15) is 0 Å². The van der Waals surface area contributed by atoms with E-state index in [2.05, 4.69) is 161 Å². The highest BCUT2D eigenvalue weighted by atomic mass is 16.3. The summed E-state index contributed by atoms with van der Waals surface area (Å²) in [7, 11) is 0. The first-order valence-corrected chi connectivity index (χ1v) is 17.9. The zero-order chi connectivity index (χ0) is 34.6. The number of nitrogens with zero attached hydrogens (tertiary/aromatic N) is 4. The Labute approximate surface area is 302 Å². The molecule has 0 spiro atoms. The quantitative estimate of drug-likeness (QED) is 0.187. The lowest BCUT2D eigenvalue weighted by Crippen LogP contribution is -2.03. The molecule has 4 heterocycles. The van der Waals surface area contributed by atoms with Crippen LogP contribution in [-0.4, -0.2) is 19.1 Å². The third kappa shape index (κ3) is 3.96. The van der Waals surface area contributed by atoms with Gasteiger partial charge in [-0.05, 0) is 65.4 Å². The summed E-state index contributed by atoms with van der Waals surface area (Å²) in [5.74, 6) is 0.638. The van der Waals surface area contributed by atoms with Gasteiger partial charge < -0.3 is 8.98 Å². The standard InChI is InChI=1S/C48H28N4O/c1-3-14-30(15-4-1)46-35-20-9-11-21-38(35)49-48(50-46)52-39-25-23-29-13-7-8-18-32(29)44(39)36-27-37-41(28-42(36)52)51(31-16-5-2-6-17-31)40-26-24-34-33-19-10-12-22-43(33)53-47(34)45(37)40/h1-28H. The van der Waals surface area contributed by atoms with Crippen molar-refractivity contribution in [2.45, 2.75) is 0 Å². The van der Waals surface area contributed by atoms with Gasteiger partial charge in [-0.1, -0.05) is 115 Å². The zero-order valence-corrected chi connectivity index (χ0v) is 28.4. The van der Waals surface area contributed by atoms with Crippen molar-refractivity contribution in [3.05, 3.63) is 170 Å². The van der Waals surface area contributed by atoms with Gasteiger partial charge in [0.1, 0.15) is 11.2 Å². The van der Waals surface area contributed by atoms with Gasteiger partial charge in [-0.25, -0.2) is 9.97 Å². The Balaban J connectivity index is 1.29. The molecule has 12 rings (SSSR count). The number of aromatic nitrogens is 4. The molecule has 5 nitrogen and oxygen atoms in total. The van der Waals surface area contributed by atoms with Crippen LogP contribution in [0.15, 0.2) is 174 Å². The van der Waals surface area contributed by atoms with Gasteiger partial charge in [0.15, 0.2) is 0 Å². The van der Waals surface area contributed by atoms with Gasteiger partial charge in [0.25, 0.3) is 0 Å². The molecule has 0 fully saturated rings. The Morgan fingerprint density at radius 1 is 0.415 bits per heavy atom. The Hall–Kier alpha value is -7.24. The van der Waals surface area contributed by atoms with E-state index in [1.54, 1.807) is 0 Å². The predicted molar refractivity (Wildman–Crippen MR) is 218 cm³/mol. The summed E-state index contributed by atoms with van der Waals surface area (Å²) in [5, 5.41) is 10.2. The predicted octanol–water partition coefficient (Wildman–Crippen LogP) is 12.5. The van der Waals surface area contributed by atoms with E-state index in [-0.39, 0.29) is 0 Å². The maximum absolute atomic E-state index is 6.72. The average molecular weight is 677 g/mol. The molecular weight excluding hydrogens is 649 g/mol. The summed E-state index contributed by atoms with van der Waals surface area (Å²) in [6, 6.07) is 59.9. The molecule has 4 aromatic heterocycles. The van der Waals surface area contributed by atoms with Crippen molar-refractivity contribution >= 4 is 87.2 Å². The Morgan fingerprint density at radius 2 is 1.08 bits per heavy atom. The molecule has 8 aromatic carbocycles. The third-order valence-electron chi connectivity index (χ3n) is 10.9. The Morgan fingerprint density at radius 3 is 1.94 bits per heavy atom. The first-order valence-electron chi connectivity index (χ1n) is 17.9. The van der Waals surface area contributed by atoms with Crippen molar-refractivity contribution in [1.82, 2.24) is 19.1 Å². The second kappa shape index (κ2) is 10.6. The summed E-state index contributed by atoms with van der Waals surface area (Å²) in [6.45, 7) is 0. The van der Waals surface area contributed by atoms with E-state index in [0.717, 1.165) is 88.0 Å². The van der Waals surface area contributed by atoms with Crippen molar-refractivity contribution in [2.24, 2.45) is 0 Å². The van der Waals surface area contributed by atoms with Crippen LogP contribution >= 0.6 is 0 Å². The lowest BCUT2D eigenvalue weighted by atomic mass is 10.0. The Kier molecular flexibility index (Phi) is 5.71. The highest BCUT2D eigenvalue weighted by Gasteiger charge is 2.24. The van der Waals surface area contributed by atoms with Crippen molar-refractivity contribution in [3.8, 4) is 22.9 Å². The van der Waals surface area contributed by atoms with E-state index in [0.29, 0.717) is 5.95 Å². The fourth-order valence-electron chi connectivity index (χ4n) is 8.61. The topological polar surface area (TPSA) is 48.8 Å². The second-order valence-corrected chi connectivity index (χ2v) is 13.8. The van der Waals surface area contributed by atoms with Crippen LogP contribution in [0.3, 0.4) is 0 Å². The van der Waals surface area contributed by atoms with Gasteiger partial charge in [0.05, 0.1) is 38.7 Å². The Bertz CT molecular complexity index is 3450. The number of hydrogen-bond acceptors (Lipinski definition) is 3. The fourth-order valence-corrected chi connectivity index (χ4v) is 8.61.